The number of hydrogen-bond acceptors (Lipinski definition) is 5. The minimum atomic E-state index is -0.323. The second-order valence-corrected chi connectivity index (χ2v) is 8.91. The van der Waals surface area contributed by atoms with Crippen molar-refractivity contribution in [2.24, 2.45) is 0 Å². The number of carbonyl (C=O) groups is 2. The molecule has 8 nitrogen and oxygen atoms in total. The van der Waals surface area contributed by atoms with Crippen molar-refractivity contribution in [2.45, 2.75) is 32.6 Å². The summed E-state index contributed by atoms with van der Waals surface area (Å²) in [6.07, 6.45) is 2.90. The van der Waals surface area contributed by atoms with Crippen LogP contribution in [0.3, 0.4) is 0 Å². The summed E-state index contributed by atoms with van der Waals surface area (Å²) in [6.45, 7) is 6.18. The fraction of sp³-hybridized carbons (Fsp3) is 0.429. The molecule has 1 saturated heterocycles. The molecule has 0 spiro atoms. The summed E-state index contributed by atoms with van der Waals surface area (Å²) in [4.78, 5) is 32.6. The fourth-order valence-electron chi connectivity index (χ4n) is 4.92. The lowest BCUT2D eigenvalue weighted by molar-refractivity contribution is -0.133. The number of H-pyrrole nitrogens is 1. The first kappa shape index (κ1) is 25.4. The van der Waals surface area contributed by atoms with Crippen LogP contribution in [0, 0.1) is 0 Å². The molecule has 0 aliphatic carbocycles. The molecule has 3 aromatic rings. The number of amides is 2. The minimum absolute atomic E-state index is 0.0475. The zero-order valence-electron chi connectivity index (χ0n) is 21.5. The maximum atomic E-state index is 13.6. The summed E-state index contributed by atoms with van der Waals surface area (Å²) in [6, 6.07) is 12.1. The Bertz CT molecular complexity index is 1190. The number of piperazine rings is 1. The van der Waals surface area contributed by atoms with Gasteiger partial charge in [0, 0.05) is 61.7 Å². The van der Waals surface area contributed by atoms with E-state index in [-0.39, 0.29) is 17.9 Å². The molecule has 1 aliphatic rings. The number of carbonyl (C=O) groups excluding carboxylic acids is 2. The molecule has 1 N–H and O–H groups in total. The zero-order valence-corrected chi connectivity index (χ0v) is 21.5. The molecule has 1 unspecified atom stereocenters. The van der Waals surface area contributed by atoms with Gasteiger partial charge in [0.15, 0.2) is 0 Å². The predicted molar refractivity (Wildman–Crippen MR) is 139 cm³/mol. The smallest absolute Gasteiger partial charge is 0.409 e. The molecule has 36 heavy (non-hydrogen) atoms. The van der Waals surface area contributed by atoms with Crippen LogP contribution in [0.2, 0.25) is 0 Å². The number of rotatable bonds is 8. The average Bonchev–Trinajstić information content (AvgIpc) is 3.35. The first-order valence-corrected chi connectivity index (χ1v) is 12.5. The number of para-hydroxylation sites is 1. The Labute approximate surface area is 212 Å². The van der Waals surface area contributed by atoms with Gasteiger partial charge in [-0.25, -0.2) is 4.79 Å². The maximum Gasteiger partial charge on any atom is 0.409 e. The Hall–Kier alpha value is -3.68. The van der Waals surface area contributed by atoms with Crippen molar-refractivity contribution in [1.29, 1.82) is 0 Å². The zero-order chi connectivity index (χ0) is 25.7. The number of benzene rings is 2. The Balaban J connectivity index is 1.65. The van der Waals surface area contributed by atoms with E-state index in [0.29, 0.717) is 50.7 Å². The Morgan fingerprint density at radius 3 is 2.25 bits per heavy atom. The van der Waals surface area contributed by atoms with E-state index in [2.05, 4.69) is 30.1 Å². The van der Waals surface area contributed by atoms with Crippen LogP contribution in [-0.2, 0) is 16.0 Å². The minimum Gasteiger partial charge on any atom is -0.497 e. The standard InChI is InChI=1S/C28H35N3O5/c1-5-19-8-7-9-23-25(18-29-27(19)23)24(20-14-21(34-3)16-22(15-20)35-4)17-26(32)30-10-12-31(13-11-30)28(33)36-6-2/h7-9,14-16,18,24,29H,5-6,10-13,17H2,1-4H3. The number of methoxy groups -OCH3 is 2. The summed E-state index contributed by atoms with van der Waals surface area (Å²) < 4.78 is 16.2. The van der Waals surface area contributed by atoms with Crippen LogP contribution in [-0.4, -0.2) is 73.8 Å². The van der Waals surface area contributed by atoms with Crippen molar-refractivity contribution in [3.63, 3.8) is 0 Å². The van der Waals surface area contributed by atoms with Crippen LogP contribution in [0.5, 0.6) is 11.5 Å². The third-order valence-electron chi connectivity index (χ3n) is 6.90. The van der Waals surface area contributed by atoms with Crippen LogP contribution in [0.15, 0.2) is 42.6 Å². The SMILES string of the molecule is CCOC(=O)N1CCN(C(=O)CC(c2cc(OC)cc(OC)c2)c2c[nH]c3c(CC)cccc23)CC1. The Morgan fingerprint density at radius 1 is 0.972 bits per heavy atom. The second kappa shape index (κ2) is 11.4. The number of nitrogens with zero attached hydrogens (tertiary/aromatic N) is 2. The van der Waals surface area contributed by atoms with Gasteiger partial charge in [-0.3, -0.25) is 4.79 Å². The lowest BCUT2D eigenvalue weighted by Crippen LogP contribution is -2.50. The lowest BCUT2D eigenvalue weighted by atomic mass is 9.87. The number of aryl methyl sites for hydroxylation is 1. The van der Waals surface area contributed by atoms with Crippen molar-refractivity contribution in [3.05, 3.63) is 59.3 Å². The van der Waals surface area contributed by atoms with E-state index in [0.717, 1.165) is 28.5 Å². The first-order chi connectivity index (χ1) is 17.5. The highest BCUT2D eigenvalue weighted by molar-refractivity contribution is 5.88. The number of nitrogens with one attached hydrogen (secondary N) is 1. The van der Waals surface area contributed by atoms with Gasteiger partial charge in [-0.2, -0.15) is 0 Å². The van der Waals surface area contributed by atoms with Gasteiger partial charge in [-0.15, -0.1) is 0 Å². The van der Waals surface area contributed by atoms with Crippen LogP contribution < -0.4 is 9.47 Å². The highest BCUT2D eigenvalue weighted by Crippen LogP contribution is 2.38. The molecule has 4 rings (SSSR count). The summed E-state index contributed by atoms with van der Waals surface area (Å²) in [5, 5.41) is 1.11. The quantitative estimate of drug-likeness (QED) is 0.497. The number of hydrogen-bond donors (Lipinski definition) is 1. The van der Waals surface area contributed by atoms with Gasteiger partial charge < -0.3 is 29.0 Å². The van der Waals surface area contributed by atoms with Crippen molar-refractivity contribution < 1.29 is 23.8 Å². The van der Waals surface area contributed by atoms with E-state index in [1.165, 1.54) is 5.56 Å². The summed E-state index contributed by atoms with van der Waals surface area (Å²) in [7, 11) is 3.25. The first-order valence-electron chi connectivity index (χ1n) is 12.5. The fourth-order valence-corrected chi connectivity index (χ4v) is 4.92. The van der Waals surface area contributed by atoms with Crippen molar-refractivity contribution >= 4 is 22.9 Å². The van der Waals surface area contributed by atoms with Gasteiger partial charge in [0.1, 0.15) is 11.5 Å². The van der Waals surface area contributed by atoms with Gasteiger partial charge in [-0.05, 0) is 42.2 Å². The van der Waals surface area contributed by atoms with E-state index >= 15 is 0 Å². The number of ether oxygens (including phenoxy) is 3. The largest absolute Gasteiger partial charge is 0.497 e. The molecule has 1 atom stereocenters. The maximum absolute atomic E-state index is 13.6. The molecule has 0 bridgehead atoms. The van der Waals surface area contributed by atoms with E-state index in [4.69, 9.17) is 14.2 Å². The van der Waals surface area contributed by atoms with Crippen LogP contribution in [0.4, 0.5) is 4.79 Å². The molecule has 1 fully saturated rings. The van der Waals surface area contributed by atoms with E-state index in [9.17, 15) is 9.59 Å². The van der Waals surface area contributed by atoms with Gasteiger partial charge >= 0.3 is 6.09 Å². The number of aromatic amines is 1. The number of aromatic nitrogens is 1. The van der Waals surface area contributed by atoms with E-state index < -0.39 is 0 Å². The molecule has 0 saturated carbocycles. The molecule has 2 aromatic carbocycles. The van der Waals surface area contributed by atoms with Crippen molar-refractivity contribution in [2.75, 3.05) is 47.0 Å². The molecular formula is C28H35N3O5. The van der Waals surface area contributed by atoms with Crippen LogP contribution in [0.1, 0.15) is 42.9 Å². The second-order valence-electron chi connectivity index (χ2n) is 8.91. The highest BCUT2D eigenvalue weighted by atomic mass is 16.6. The molecule has 0 radical (unpaired) electrons. The van der Waals surface area contributed by atoms with E-state index in [1.54, 1.807) is 26.0 Å². The molecule has 1 aliphatic heterocycles. The molecule has 1 aromatic heterocycles. The van der Waals surface area contributed by atoms with Gasteiger partial charge in [0.2, 0.25) is 5.91 Å². The van der Waals surface area contributed by atoms with Crippen molar-refractivity contribution in [3.8, 4) is 11.5 Å². The molecule has 8 heteroatoms. The highest BCUT2D eigenvalue weighted by Gasteiger charge is 2.29. The number of fused-ring (bicyclic) bond motifs is 1. The molecular weight excluding hydrogens is 458 g/mol. The Kier molecular flexibility index (Phi) is 8.03. The van der Waals surface area contributed by atoms with Crippen LogP contribution >= 0.6 is 0 Å². The average molecular weight is 494 g/mol. The summed E-state index contributed by atoms with van der Waals surface area (Å²) >= 11 is 0. The van der Waals surface area contributed by atoms with Gasteiger partial charge in [0.25, 0.3) is 0 Å². The normalized spacial score (nSPS) is 14.6. The van der Waals surface area contributed by atoms with Crippen LogP contribution in [0.25, 0.3) is 10.9 Å². The molecule has 192 valence electrons. The predicted octanol–water partition coefficient (Wildman–Crippen LogP) is 4.57. The summed E-state index contributed by atoms with van der Waals surface area (Å²) in [5.74, 6) is 1.20. The lowest BCUT2D eigenvalue weighted by Gasteiger charge is -2.34. The Morgan fingerprint density at radius 2 is 1.64 bits per heavy atom. The third-order valence-corrected chi connectivity index (χ3v) is 6.90. The summed E-state index contributed by atoms with van der Waals surface area (Å²) in [5.41, 5.74) is 4.36. The van der Waals surface area contributed by atoms with E-state index in [1.807, 2.05) is 29.3 Å². The molecule has 2 heterocycles. The topological polar surface area (TPSA) is 84.1 Å². The third kappa shape index (κ3) is 5.27. The monoisotopic (exact) mass is 493 g/mol. The van der Waals surface area contributed by atoms with Gasteiger partial charge in [0.05, 0.1) is 20.8 Å². The van der Waals surface area contributed by atoms with Crippen molar-refractivity contribution in [1.82, 2.24) is 14.8 Å². The van der Waals surface area contributed by atoms with Gasteiger partial charge in [-0.1, -0.05) is 25.1 Å². The molecule has 2 amide bonds.